The minimum atomic E-state index is 0.210. The molecule has 0 aliphatic carbocycles. The molecule has 0 amide bonds. The SMILES string of the molecule is CC.CC(C)(C)[n+]1ccccc1. The Bertz CT molecular complexity index is 196. The number of aromatic nitrogens is 1. The number of hydrogen-bond acceptors (Lipinski definition) is 0. The first-order valence-electron chi connectivity index (χ1n) is 4.57. The fraction of sp³-hybridized carbons (Fsp3) is 0.545. The van der Waals surface area contributed by atoms with Gasteiger partial charge in [0.05, 0.1) is 0 Å². The minimum absolute atomic E-state index is 0.210. The molecule has 0 atom stereocenters. The molecule has 0 unspecified atom stereocenters. The molecule has 1 rings (SSSR count). The monoisotopic (exact) mass is 166 g/mol. The van der Waals surface area contributed by atoms with E-state index in [4.69, 9.17) is 0 Å². The van der Waals surface area contributed by atoms with Crippen LogP contribution in [0.15, 0.2) is 30.6 Å². The first-order chi connectivity index (χ1) is 5.61. The molecule has 68 valence electrons. The summed E-state index contributed by atoms with van der Waals surface area (Å²) in [7, 11) is 0. The van der Waals surface area contributed by atoms with Gasteiger partial charge in [-0.15, -0.1) is 0 Å². The van der Waals surface area contributed by atoms with Crippen LogP contribution in [0.25, 0.3) is 0 Å². The number of hydrogen-bond donors (Lipinski definition) is 0. The van der Waals surface area contributed by atoms with Crippen molar-refractivity contribution in [2.45, 2.75) is 40.2 Å². The summed E-state index contributed by atoms with van der Waals surface area (Å²) < 4.78 is 2.19. The van der Waals surface area contributed by atoms with Crippen LogP contribution in [0.3, 0.4) is 0 Å². The zero-order valence-electron chi connectivity index (χ0n) is 8.83. The third-order valence-corrected chi connectivity index (χ3v) is 1.49. The van der Waals surface area contributed by atoms with Crippen molar-refractivity contribution in [2.75, 3.05) is 0 Å². The largest absolute Gasteiger partial charge is 0.201 e. The molecule has 1 nitrogen and oxygen atoms in total. The molecule has 0 fully saturated rings. The molecule has 1 heteroatoms. The van der Waals surface area contributed by atoms with Crippen molar-refractivity contribution < 1.29 is 4.57 Å². The van der Waals surface area contributed by atoms with E-state index in [1.165, 1.54) is 0 Å². The molecule has 0 saturated carbocycles. The normalized spacial score (nSPS) is 10.1. The number of pyridine rings is 1. The zero-order valence-corrected chi connectivity index (χ0v) is 8.83. The molecule has 0 aliphatic rings. The second-order valence-electron chi connectivity index (χ2n) is 3.45. The average Bonchev–Trinajstić information content (AvgIpc) is 2.08. The first kappa shape index (κ1) is 11.2. The standard InChI is InChI=1S/C9H14N.C2H6/c1-9(2,3)10-7-5-4-6-8-10;1-2/h4-8H,1-3H3;1-2H3/q+1;. The smallest absolute Gasteiger partial charge is 0.169 e. The summed E-state index contributed by atoms with van der Waals surface area (Å²) in [6.07, 6.45) is 4.17. The molecular formula is C11H20N+. The van der Waals surface area contributed by atoms with Crippen molar-refractivity contribution in [2.24, 2.45) is 0 Å². The van der Waals surface area contributed by atoms with Gasteiger partial charge in [-0.05, 0) is 0 Å². The van der Waals surface area contributed by atoms with Gasteiger partial charge >= 0.3 is 0 Å². The van der Waals surface area contributed by atoms with Crippen LogP contribution in [-0.4, -0.2) is 0 Å². The van der Waals surface area contributed by atoms with Gasteiger partial charge in [0.1, 0.15) is 0 Å². The van der Waals surface area contributed by atoms with Gasteiger partial charge in [0.15, 0.2) is 17.9 Å². The van der Waals surface area contributed by atoms with Crippen LogP contribution in [0.4, 0.5) is 0 Å². The molecule has 0 aliphatic heterocycles. The van der Waals surface area contributed by atoms with E-state index in [1.54, 1.807) is 0 Å². The van der Waals surface area contributed by atoms with E-state index < -0.39 is 0 Å². The predicted octanol–water partition coefficient (Wildman–Crippen LogP) is 2.76. The van der Waals surface area contributed by atoms with Crippen molar-refractivity contribution in [3.63, 3.8) is 0 Å². The summed E-state index contributed by atoms with van der Waals surface area (Å²) in [4.78, 5) is 0. The van der Waals surface area contributed by atoms with Gasteiger partial charge in [0.25, 0.3) is 0 Å². The fourth-order valence-electron chi connectivity index (χ4n) is 0.846. The molecule has 1 aromatic heterocycles. The summed E-state index contributed by atoms with van der Waals surface area (Å²) in [5.41, 5.74) is 0.210. The Kier molecular flexibility index (Phi) is 4.57. The number of rotatable bonds is 0. The maximum atomic E-state index is 2.19. The van der Waals surface area contributed by atoms with Gasteiger partial charge in [-0.25, -0.2) is 4.57 Å². The molecule has 0 spiro atoms. The highest BCUT2D eigenvalue weighted by molar-refractivity contribution is 4.84. The van der Waals surface area contributed by atoms with Gasteiger partial charge < -0.3 is 0 Å². The highest BCUT2D eigenvalue weighted by atomic mass is 15.0. The second kappa shape index (κ2) is 4.91. The van der Waals surface area contributed by atoms with Crippen LogP contribution in [-0.2, 0) is 5.54 Å². The van der Waals surface area contributed by atoms with E-state index >= 15 is 0 Å². The Balaban J connectivity index is 0.000000561. The van der Waals surface area contributed by atoms with Crippen LogP contribution >= 0.6 is 0 Å². The summed E-state index contributed by atoms with van der Waals surface area (Å²) in [5.74, 6) is 0. The first-order valence-corrected chi connectivity index (χ1v) is 4.57. The van der Waals surface area contributed by atoms with Crippen LogP contribution in [0.1, 0.15) is 34.6 Å². The van der Waals surface area contributed by atoms with Crippen molar-refractivity contribution in [1.29, 1.82) is 0 Å². The lowest BCUT2D eigenvalue weighted by molar-refractivity contribution is -0.754. The second-order valence-corrected chi connectivity index (χ2v) is 3.45. The van der Waals surface area contributed by atoms with E-state index in [-0.39, 0.29) is 5.54 Å². The molecule has 0 N–H and O–H groups in total. The Labute approximate surface area is 76.1 Å². The van der Waals surface area contributed by atoms with E-state index in [1.807, 2.05) is 32.0 Å². The predicted molar refractivity (Wildman–Crippen MR) is 53.0 cm³/mol. The maximum Gasteiger partial charge on any atom is 0.169 e. The number of nitrogens with zero attached hydrogens (tertiary/aromatic N) is 1. The van der Waals surface area contributed by atoms with E-state index in [0.29, 0.717) is 0 Å². The van der Waals surface area contributed by atoms with E-state index in [2.05, 4.69) is 37.7 Å². The Hall–Kier alpha value is -0.850. The lowest BCUT2D eigenvalue weighted by Crippen LogP contribution is -2.49. The summed E-state index contributed by atoms with van der Waals surface area (Å²) >= 11 is 0. The zero-order chi connectivity index (χ0) is 9.61. The quantitative estimate of drug-likeness (QED) is 0.522. The molecular weight excluding hydrogens is 146 g/mol. The van der Waals surface area contributed by atoms with Gasteiger partial charge in [0.2, 0.25) is 0 Å². The summed E-state index contributed by atoms with van der Waals surface area (Å²) in [6, 6.07) is 6.12. The van der Waals surface area contributed by atoms with Crippen LogP contribution in [0, 0.1) is 0 Å². The average molecular weight is 166 g/mol. The summed E-state index contributed by atoms with van der Waals surface area (Å²) in [6.45, 7) is 10.6. The Morgan fingerprint density at radius 3 is 1.50 bits per heavy atom. The molecule has 12 heavy (non-hydrogen) atoms. The van der Waals surface area contributed by atoms with E-state index in [9.17, 15) is 0 Å². The third-order valence-electron chi connectivity index (χ3n) is 1.49. The highest BCUT2D eigenvalue weighted by Crippen LogP contribution is 2.01. The molecule has 1 aromatic rings. The lowest BCUT2D eigenvalue weighted by atomic mass is 10.1. The molecule has 0 saturated heterocycles. The Morgan fingerprint density at radius 1 is 0.833 bits per heavy atom. The van der Waals surface area contributed by atoms with Crippen molar-refractivity contribution >= 4 is 0 Å². The van der Waals surface area contributed by atoms with E-state index in [0.717, 1.165) is 0 Å². The Morgan fingerprint density at radius 2 is 1.25 bits per heavy atom. The van der Waals surface area contributed by atoms with Crippen LogP contribution in [0.2, 0.25) is 0 Å². The van der Waals surface area contributed by atoms with Crippen molar-refractivity contribution in [3.8, 4) is 0 Å². The minimum Gasteiger partial charge on any atom is -0.201 e. The molecule has 0 bridgehead atoms. The molecule has 0 aromatic carbocycles. The molecule has 1 heterocycles. The summed E-state index contributed by atoms with van der Waals surface area (Å²) in [5, 5.41) is 0. The third kappa shape index (κ3) is 3.51. The topological polar surface area (TPSA) is 3.88 Å². The maximum absolute atomic E-state index is 2.19. The molecule has 0 radical (unpaired) electrons. The van der Waals surface area contributed by atoms with Gasteiger partial charge in [0, 0.05) is 32.9 Å². The van der Waals surface area contributed by atoms with Crippen molar-refractivity contribution in [3.05, 3.63) is 30.6 Å². The van der Waals surface area contributed by atoms with Crippen molar-refractivity contribution in [1.82, 2.24) is 0 Å². The van der Waals surface area contributed by atoms with Crippen LogP contribution < -0.4 is 4.57 Å². The van der Waals surface area contributed by atoms with Gasteiger partial charge in [-0.2, -0.15) is 0 Å². The lowest BCUT2D eigenvalue weighted by Gasteiger charge is -2.11. The van der Waals surface area contributed by atoms with Crippen LogP contribution in [0.5, 0.6) is 0 Å². The highest BCUT2D eigenvalue weighted by Gasteiger charge is 2.19. The van der Waals surface area contributed by atoms with Gasteiger partial charge in [-0.1, -0.05) is 19.9 Å². The van der Waals surface area contributed by atoms with Gasteiger partial charge in [-0.3, -0.25) is 0 Å². The fourth-order valence-corrected chi connectivity index (χ4v) is 0.846.